The average molecular weight is 461 g/mol. The number of anilines is 5. The summed E-state index contributed by atoms with van der Waals surface area (Å²) >= 11 is 0. The van der Waals surface area contributed by atoms with Crippen LogP contribution in [0.2, 0.25) is 0 Å². The highest BCUT2D eigenvalue weighted by Gasteiger charge is 2.35. The van der Waals surface area contributed by atoms with Crippen molar-refractivity contribution in [1.82, 2.24) is 9.97 Å². The number of benzene rings is 2. The minimum atomic E-state index is -4.77. The Balaban J connectivity index is 2.01. The Hall–Kier alpha value is -3.99. The van der Waals surface area contributed by atoms with Gasteiger partial charge in [0.05, 0.1) is 18.0 Å². The zero-order valence-electron chi connectivity index (χ0n) is 17.3. The fraction of sp³-hybridized carbons (Fsp3) is 0.136. The normalized spacial score (nSPS) is 11.1. The van der Waals surface area contributed by atoms with Gasteiger partial charge in [-0.2, -0.15) is 18.2 Å². The summed E-state index contributed by atoms with van der Waals surface area (Å²) in [5.74, 6) is -1.93. The van der Waals surface area contributed by atoms with Crippen molar-refractivity contribution in [3.05, 3.63) is 77.8 Å². The van der Waals surface area contributed by atoms with Crippen molar-refractivity contribution in [3.8, 4) is 0 Å². The van der Waals surface area contributed by atoms with Crippen LogP contribution in [0.1, 0.15) is 16.7 Å². The van der Waals surface area contributed by atoms with Crippen molar-refractivity contribution in [2.24, 2.45) is 0 Å². The SMILES string of the molecule is C=CC(=O)Nc1ccccc1Nc1nc(Nc2cc(CO)c(F)cc2C)ncc1C(F)(F)F. The second-order valence-corrected chi connectivity index (χ2v) is 6.86. The molecule has 0 unspecified atom stereocenters. The lowest BCUT2D eigenvalue weighted by Gasteiger charge is -2.17. The summed E-state index contributed by atoms with van der Waals surface area (Å²) in [6, 6.07) is 8.62. The minimum Gasteiger partial charge on any atom is -0.392 e. The van der Waals surface area contributed by atoms with Crippen LogP contribution in [0.15, 0.2) is 55.3 Å². The van der Waals surface area contributed by atoms with Crippen LogP contribution in [0, 0.1) is 12.7 Å². The quantitative estimate of drug-likeness (QED) is 0.290. The molecule has 1 heterocycles. The van der Waals surface area contributed by atoms with E-state index in [1.54, 1.807) is 19.1 Å². The smallest absolute Gasteiger partial charge is 0.392 e. The monoisotopic (exact) mass is 461 g/mol. The molecule has 0 aliphatic carbocycles. The lowest BCUT2D eigenvalue weighted by molar-refractivity contribution is -0.137. The molecular weight excluding hydrogens is 442 g/mol. The maximum Gasteiger partial charge on any atom is 0.421 e. The van der Waals surface area contributed by atoms with Crippen LogP contribution in [-0.4, -0.2) is 21.0 Å². The molecule has 11 heteroatoms. The number of halogens is 4. The Morgan fingerprint density at radius 1 is 1.15 bits per heavy atom. The second kappa shape index (κ2) is 9.65. The first-order valence-electron chi connectivity index (χ1n) is 9.53. The Kier molecular flexibility index (Phi) is 6.92. The van der Waals surface area contributed by atoms with Crippen LogP contribution in [-0.2, 0) is 17.6 Å². The predicted molar refractivity (Wildman–Crippen MR) is 116 cm³/mol. The molecule has 1 amide bonds. The van der Waals surface area contributed by atoms with Crippen molar-refractivity contribution in [3.63, 3.8) is 0 Å². The van der Waals surface area contributed by atoms with Gasteiger partial charge in [-0.1, -0.05) is 18.7 Å². The number of aliphatic hydroxyl groups excluding tert-OH is 1. The summed E-state index contributed by atoms with van der Waals surface area (Å²) in [5.41, 5.74) is -0.0241. The van der Waals surface area contributed by atoms with Crippen LogP contribution >= 0.6 is 0 Å². The molecule has 2 aromatic carbocycles. The summed E-state index contributed by atoms with van der Waals surface area (Å²) in [6.07, 6.45) is -3.14. The van der Waals surface area contributed by atoms with E-state index in [0.29, 0.717) is 17.4 Å². The molecule has 33 heavy (non-hydrogen) atoms. The van der Waals surface area contributed by atoms with Crippen LogP contribution in [0.5, 0.6) is 0 Å². The number of amides is 1. The molecule has 0 aliphatic rings. The number of aryl methyl sites for hydroxylation is 1. The summed E-state index contributed by atoms with van der Waals surface area (Å²) in [4.78, 5) is 19.3. The number of para-hydroxylation sites is 2. The van der Waals surface area contributed by atoms with Gasteiger partial charge in [-0.05, 0) is 42.8 Å². The van der Waals surface area contributed by atoms with Crippen molar-refractivity contribution < 1.29 is 27.5 Å². The van der Waals surface area contributed by atoms with Gasteiger partial charge in [0, 0.05) is 17.4 Å². The number of aliphatic hydroxyl groups is 1. The van der Waals surface area contributed by atoms with Crippen LogP contribution in [0.3, 0.4) is 0 Å². The Morgan fingerprint density at radius 3 is 2.48 bits per heavy atom. The molecule has 172 valence electrons. The van der Waals surface area contributed by atoms with Gasteiger partial charge in [-0.15, -0.1) is 0 Å². The van der Waals surface area contributed by atoms with Gasteiger partial charge >= 0.3 is 6.18 Å². The highest BCUT2D eigenvalue weighted by atomic mass is 19.4. The van der Waals surface area contributed by atoms with Gasteiger partial charge in [0.15, 0.2) is 0 Å². The maximum atomic E-state index is 13.8. The zero-order chi connectivity index (χ0) is 24.2. The van der Waals surface area contributed by atoms with Crippen molar-refractivity contribution >= 4 is 34.7 Å². The van der Waals surface area contributed by atoms with E-state index in [4.69, 9.17) is 0 Å². The standard InChI is InChI=1S/C22H19F4N5O2/c1-3-19(33)28-16-6-4-5-7-17(16)29-20-14(22(24,25)26)10-27-21(31-20)30-18-9-13(11-32)15(23)8-12(18)2/h3-10,32H,1,11H2,2H3,(H,28,33)(H2,27,29,30,31). The number of alkyl halides is 3. The summed E-state index contributed by atoms with van der Waals surface area (Å²) in [7, 11) is 0. The molecule has 0 saturated heterocycles. The molecule has 7 nitrogen and oxygen atoms in total. The van der Waals surface area contributed by atoms with Crippen LogP contribution in [0.25, 0.3) is 0 Å². The topological polar surface area (TPSA) is 99.2 Å². The van der Waals surface area contributed by atoms with E-state index in [-0.39, 0.29) is 22.9 Å². The molecular formula is C22H19F4N5O2. The fourth-order valence-corrected chi connectivity index (χ4v) is 2.85. The molecule has 0 saturated carbocycles. The van der Waals surface area contributed by atoms with E-state index in [0.717, 1.165) is 6.08 Å². The lowest BCUT2D eigenvalue weighted by atomic mass is 10.1. The number of rotatable bonds is 7. The highest BCUT2D eigenvalue weighted by Crippen LogP contribution is 2.36. The van der Waals surface area contributed by atoms with E-state index in [2.05, 4.69) is 32.5 Å². The van der Waals surface area contributed by atoms with Gasteiger partial charge in [0.2, 0.25) is 11.9 Å². The third-order valence-electron chi connectivity index (χ3n) is 4.53. The van der Waals surface area contributed by atoms with Crippen LogP contribution in [0.4, 0.5) is 46.4 Å². The van der Waals surface area contributed by atoms with E-state index in [1.807, 2.05) is 0 Å². The van der Waals surface area contributed by atoms with Crippen molar-refractivity contribution in [2.75, 3.05) is 16.0 Å². The second-order valence-electron chi connectivity index (χ2n) is 6.86. The van der Waals surface area contributed by atoms with Gasteiger partial charge in [-0.3, -0.25) is 4.79 Å². The molecule has 0 radical (unpaired) electrons. The van der Waals surface area contributed by atoms with Crippen LogP contribution < -0.4 is 16.0 Å². The number of hydrogen-bond donors (Lipinski definition) is 4. The zero-order valence-corrected chi connectivity index (χ0v) is 17.3. The van der Waals surface area contributed by atoms with Crippen molar-refractivity contribution in [1.29, 1.82) is 0 Å². The first-order valence-corrected chi connectivity index (χ1v) is 9.53. The largest absolute Gasteiger partial charge is 0.421 e. The maximum absolute atomic E-state index is 13.8. The molecule has 1 aromatic heterocycles. The number of aromatic nitrogens is 2. The minimum absolute atomic E-state index is 0.000229. The number of carbonyl (C=O) groups is 1. The molecule has 0 spiro atoms. The summed E-state index contributed by atoms with van der Waals surface area (Å²) < 4.78 is 54.6. The van der Waals surface area contributed by atoms with E-state index in [9.17, 15) is 27.5 Å². The van der Waals surface area contributed by atoms with Gasteiger partial charge < -0.3 is 21.1 Å². The van der Waals surface area contributed by atoms with Gasteiger partial charge in [0.1, 0.15) is 17.2 Å². The summed E-state index contributed by atoms with van der Waals surface area (Å²) in [5, 5.41) is 17.1. The first-order chi connectivity index (χ1) is 15.6. The summed E-state index contributed by atoms with van der Waals surface area (Å²) in [6.45, 7) is 4.36. The third kappa shape index (κ3) is 5.63. The lowest BCUT2D eigenvalue weighted by Crippen LogP contribution is -2.14. The van der Waals surface area contributed by atoms with Gasteiger partial charge in [-0.25, -0.2) is 9.37 Å². The van der Waals surface area contributed by atoms with E-state index in [1.165, 1.54) is 24.3 Å². The Bertz CT molecular complexity index is 1200. The molecule has 0 aliphatic heterocycles. The van der Waals surface area contributed by atoms with Crippen molar-refractivity contribution in [2.45, 2.75) is 19.7 Å². The van der Waals surface area contributed by atoms with E-state index < -0.39 is 35.9 Å². The number of nitrogens with one attached hydrogen (secondary N) is 3. The Labute approximate surface area is 186 Å². The average Bonchev–Trinajstić information content (AvgIpc) is 2.76. The third-order valence-corrected chi connectivity index (χ3v) is 4.53. The number of hydrogen-bond acceptors (Lipinski definition) is 6. The predicted octanol–water partition coefficient (Wildman–Crippen LogP) is 5.05. The highest BCUT2D eigenvalue weighted by molar-refractivity contribution is 6.01. The van der Waals surface area contributed by atoms with E-state index >= 15 is 0 Å². The molecule has 0 bridgehead atoms. The number of nitrogens with zero attached hydrogens (tertiary/aromatic N) is 2. The van der Waals surface area contributed by atoms with Gasteiger partial charge in [0.25, 0.3) is 0 Å². The first kappa shape index (κ1) is 23.7. The molecule has 4 N–H and O–H groups in total. The Morgan fingerprint density at radius 2 is 1.85 bits per heavy atom. The molecule has 3 rings (SSSR count). The number of carbonyl (C=O) groups excluding carboxylic acids is 1. The molecule has 0 fully saturated rings. The molecule has 0 atom stereocenters. The molecule has 3 aromatic rings. The fourth-order valence-electron chi connectivity index (χ4n) is 2.85.